The smallest absolute Gasteiger partial charge is 0.410 e. The summed E-state index contributed by atoms with van der Waals surface area (Å²) in [6.07, 6.45) is 0.602. The molecular formula is C12H12N2O5. The number of ether oxygens (including phenoxy) is 1. The van der Waals surface area contributed by atoms with Crippen LogP contribution >= 0.6 is 0 Å². The predicted molar refractivity (Wildman–Crippen MR) is 66.8 cm³/mol. The Bertz CT molecular complexity index is 510. The van der Waals surface area contributed by atoms with Crippen molar-refractivity contribution in [3.8, 4) is 0 Å². The number of nitro groups is 1. The number of para-hydroxylation sites is 1. The molecule has 100 valence electrons. The van der Waals surface area contributed by atoms with Gasteiger partial charge in [-0.1, -0.05) is 18.2 Å². The van der Waals surface area contributed by atoms with Gasteiger partial charge in [0.15, 0.2) is 0 Å². The SMILES string of the molecule is CCOC(=O)/C(=C/C(=O)Nc1ccccc1)[N+](=O)[O-]. The molecule has 0 atom stereocenters. The van der Waals surface area contributed by atoms with E-state index in [0.29, 0.717) is 11.8 Å². The number of esters is 1. The van der Waals surface area contributed by atoms with Crippen molar-refractivity contribution in [1.29, 1.82) is 0 Å². The van der Waals surface area contributed by atoms with Gasteiger partial charge in [0.2, 0.25) is 0 Å². The second-order valence-corrected chi connectivity index (χ2v) is 3.36. The van der Waals surface area contributed by atoms with E-state index in [2.05, 4.69) is 10.1 Å². The van der Waals surface area contributed by atoms with Crippen LogP contribution in [0.5, 0.6) is 0 Å². The second kappa shape index (κ2) is 6.90. The number of nitrogens with zero attached hydrogens (tertiary/aromatic N) is 1. The molecule has 19 heavy (non-hydrogen) atoms. The summed E-state index contributed by atoms with van der Waals surface area (Å²) in [7, 11) is 0. The Morgan fingerprint density at radius 1 is 1.37 bits per heavy atom. The molecule has 0 spiro atoms. The summed E-state index contributed by atoms with van der Waals surface area (Å²) < 4.78 is 4.49. The van der Waals surface area contributed by atoms with Crippen molar-refractivity contribution in [3.05, 3.63) is 52.2 Å². The third-order valence-electron chi connectivity index (χ3n) is 1.99. The fraction of sp³-hybridized carbons (Fsp3) is 0.167. The number of carbonyl (C=O) groups excluding carboxylic acids is 2. The summed E-state index contributed by atoms with van der Waals surface area (Å²) in [6, 6.07) is 8.37. The average Bonchev–Trinajstić information content (AvgIpc) is 2.37. The highest BCUT2D eigenvalue weighted by Crippen LogP contribution is 2.06. The van der Waals surface area contributed by atoms with Crippen LogP contribution in [-0.2, 0) is 14.3 Å². The van der Waals surface area contributed by atoms with E-state index in [4.69, 9.17) is 0 Å². The first-order chi connectivity index (χ1) is 9.04. The van der Waals surface area contributed by atoms with Crippen LogP contribution in [-0.4, -0.2) is 23.4 Å². The number of nitrogens with one attached hydrogen (secondary N) is 1. The fourth-order valence-corrected chi connectivity index (χ4v) is 1.22. The lowest BCUT2D eigenvalue weighted by molar-refractivity contribution is -0.421. The first-order valence-corrected chi connectivity index (χ1v) is 5.43. The highest BCUT2D eigenvalue weighted by atomic mass is 16.6. The van der Waals surface area contributed by atoms with Crippen LogP contribution in [0.15, 0.2) is 42.1 Å². The molecule has 0 aliphatic carbocycles. The topological polar surface area (TPSA) is 98.5 Å². The third kappa shape index (κ3) is 4.58. The van der Waals surface area contributed by atoms with Crippen LogP contribution in [0, 0.1) is 10.1 Å². The van der Waals surface area contributed by atoms with Crippen molar-refractivity contribution in [2.24, 2.45) is 0 Å². The first kappa shape index (κ1) is 14.4. The van der Waals surface area contributed by atoms with Gasteiger partial charge < -0.3 is 10.1 Å². The van der Waals surface area contributed by atoms with E-state index in [9.17, 15) is 19.7 Å². The Kier molecular flexibility index (Phi) is 5.21. The van der Waals surface area contributed by atoms with E-state index in [0.717, 1.165) is 0 Å². The minimum Gasteiger partial charge on any atom is -0.458 e. The molecule has 1 aromatic rings. The third-order valence-corrected chi connectivity index (χ3v) is 1.99. The van der Waals surface area contributed by atoms with Crippen LogP contribution in [0.25, 0.3) is 0 Å². The predicted octanol–water partition coefficient (Wildman–Crippen LogP) is 1.35. The molecule has 0 aliphatic rings. The van der Waals surface area contributed by atoms with Gasteiger partial charge in [-0.2, -0.15) is 0 Å². The second-order valence-electron chi connectivity index (χ2n) is 3.36. The van der Waals surface area contributed by atoms with Crippen LogP contribution in [0.3, 0.4) is 0 Å². The maximum atomic E-state index is 11.5. The highest BCUT2D eigenvalue weighted by molar-refractivity contribution is 6.03. The molecule has 0 bridgehead atoms. The van der Waals surface area contributed by atoms with Gasteiger partial charge in [0, 0.05) is 5.69 Å². The molecule has 0 saturated heterocycles. The summed E-state index contributed by atoms with van der Waals surface area (Å²) in [4.78, 5) is 32.5. The number of hydrogen-bond donors (Lipinski definition) is 1. The number of benzene rings is 1. The summed E-state index contributed by atoms with van der Waals surface area (Å²) in [5.41, 5.74) is -0.439. The van der Waals surface area contributed by atoms with E-state index in [1.807, 2.05) is 0 Å². The maximum absolute atomic E-state index is 11.5. The number of amides is 1. The molecule has 0 radical (unpaired) electrons. The normalized spacial score (nSPS) is 10.7. The van der Waals surface area contributed by atoms with Crippen molar-refractivity contribution in [2.45, 2.75) is 6.92 Å². The van der Waals surface area contributed by atoms with Gasteiger partial charge in [-0.05, 0) is 19.1 Å². The maximum Gasteiger partial charge on any atom is 0.410 e. The quantitative estimate of drug-likeness (QED) is 0.374. The molecule has 1 N–H and O–H groups in total. The zero-order chi connectivity index (χ0) is 14.3. The van der Waals surface area contributed by atoms with Gasteiger partial charge >= 0.3 is 11.7 Å². The Morgan fingerprint density at radius 2 is 2.00 bits per heavy atom. The fourth-order valence-electron chi connectivity index (χ4n) is 1.22. The lowest BCUT2D eigenvalue weighted by Crippen LogP contribution is -2.18. The highest BCUT2D eigenvalue weighted by Gasteiger charge is 2.24. The summed E-state index contributed by atoms with van der Waals surface area (Å²) in [5, 5.41) is 13.1. The monoisotopic (exact) mass is 264 g/mol. The van der Waals surface area contributed by atoms with Crippen molar-refractivity contribution in [1.82, 2.24) is 0 Å². The van der Waals surface area contributed by atoms with Gasteiger partial charge in [0.1, 0.15) is 0 Å². The molecule has 0 fully saturated rings. The van der Waals surface area contributed by atoms with Crippen LogP contribution in [0.1, 0.15) is 6.92 Å². The Labute approximate surface area is 109 Å². The molecule has 0 saturated carbocycles. The van der Waals surface area contributed by atoms with Crippen molar-refractivity contribution in [2.75, 3.05) is 11.9 Å². The molecule has 7 nitrogen and oxygen atoms in total. The van der Waals surface area contributed by atoms with E-state index < -0.39 is 22.5 Å². The standard InChI is InChI=1S/C12H12N2O5/c1-2-19-12(16)10(14(17)18)8-11(15)13-9-6-4-3-5-7-9/h3-8H,2H2,1H3,(H,13,15)/b10-8-. The minimum atomic E-state index is -1.14. The van der Waals surface area contributed by atoms with Gasteiger partial charge in [-0.25, -0.2) is 4.79 Å². The van der Waals surface area contributed by atoms with Crippen LogP contribution in [0.4, 0.5) is 5.69 Å². The Morgan fingerprint density at radius 3 is 2.53 bits per heavy atom. The van der Waals surface area contributed by atoms with E-state index in [1.54, 1.807) is 30.3 Å². The Balaban J connectivity index is 2.82. The molecule has 0 aromatic heterocycles. The number of carbonyl (C=O) groups is 2. The summed E-state index contributed by atoms with van der Waals surface area (Å²) in [5.74, 6) is -1.92. The zero-order valence-corrected chi connectivity index (χ0v) is 10.2. The first-order valence-electron chi connectivity index (χ1n) is 5.43. The van der Waals surface area contributed by atoms with Gasteiger partial charge in [-0.3, -0.25) is 14.9 Å². The molecular weight excluding hydrogens is 252 g/mol. The molecule has 0 unspecified atom stereocenters. The zero-order valence-electron chi connectivity index (χ0n) is 10.2. The average molecular weight is 264 g/mol. The lowest BCUT2D eigenvalue weighted by atomic mass is 10.3. The molecule has 1 amide bonds. The number of anilines is 1. The molecule has 1 rings (SSSR count). The molecule has 1 aromatic carbocycles. The summed E-state index contributed by atoms with van der Waals surface area (Å²) >= 11 is 0. The van der Waals surface area contributed by atoms with E-state index in [-0.39, 0.29) is 6.61 Å². The van der Waals surface area contributed by atoms with Crippen LogP contribution < -0.4 is 5.32 Å². The van der Waals surface area contributed by atoms with Crippen molar-refractivity contribution < 1.29 is 19.2 Å². The molecule has 0 aliphatic heterocycles. The van der Waals surface area contributed by atoms with E-state index >= 15 is 0 Å². The van der Waals surface area contributed by atoms with Crippen LogP contribution in [0.2, 0.25) is 0 Å². The minimum absolute atomic E-state index is 0.00961. The number of rotatable bonds is 5. The van der Waals surface area contributed by atoms with Gasteiger partial charge in [0.05, 0.1) is 17.6 Å². The van der Waals surface area contributed by atoms with E-state index in [1.165, 1.54) is 6.92 Å². The van der Waals surface area contributed by atoms with Gasteiger partial charge in [0.25, 0.3) is 5.91 Å². The molecule has 7 heteroatoms. The Hall–Kier alpha value is -2.70. The molecule has 0 heterocycles. The van der Waals surface area contributed by atoms with Crippen molar-refractivity contribution in [3.63, 3.8) is 0 Å². The summed E-state index contributed by atoms with van der Waals surface area (Å²) in [6.45, 7) is 1.50. The lowest BCUT2D eigenvalue weighted by Gasteiger charge is -2.01. The van der Waals surface area contributed by atoms with Crippen molar-refractivity contribution >= 4 is 17.6 Å². The van der Waals surface area contributed by atoms with Gasteiger partial charge in [-0.15, -0.1) is 0 Å². The number of hydrogen-bond acceptors (Lipinski definition) is 5. The largest absolute Gasteiger partial charge is 0.458 e.